The van der Waals surface area contributed by atoms with Crippen molar-refractivity contribution < 1.29 is 4.79 Å². The Bertz CT molecular complexity index is 633. The summed E-state index contributed by atoms with van der Waals surface area (Å²) in [7, 11) is 2.15. The van der Waals surface area contributed by atoms with E-state index >= 15 is 0 Å². The van der Waals surface area contributed by atoms with Gasteiger partial charge >= 0.3 is 0 Å². The highest BCUT2D eigenvalue weighted by Gasteiger charge is 2.42. The van der Waals surface area contributed by atoms with Gasteiger partial charge in [0.15, 0.2) is 0 Å². The third kappa shape index (κ3) is 4.24. The first kappa shape index (κ1) is 18.8. The lowest BCUT2D eigenvalue weighted by atomic mass is 9.74. The normalized spacial score (nSPS) is 23.3. The standard InChI is InChI=1S/C21H30N4O/c1-24(16-18-8-3-6-13-23-18)19-9-7-14-25(15-10-19)20(26)21(17-22)11-4-2-5-12-21/h3,6,8,13,19H,2,4-5,7,9-12,14-16H2,1H3. The van der Waals surface area contributed by atoms with Gasteiger partial charge in [0, 0.05) is 31.9 Å². The molecule has 140 valence electrons. The Morgan fingerprint density at radius 2 is 2.08 bits per heavy atom. The van der Waals surface area contributed by atoms with Gasteiger partial charge < -0.3 is 4.90 Å². The lowest BCUT2D eigenvalue weighted by Gasteiger charge is -2.34. The fourth-order valence-electron chi connectivity index (χ4n) is 4.43. The summed E-state index contributed by atoms with van der Waals surface area (Å²) in [5, 5.41) is 9.70. The maximum absolute atomic E-state index is 13.1. The number of nitrogens with zero attached hydrogens (tertiary/aromatic N) is 4. The predicted molar refractivity (Wildman–Crippen MR) is 101 cm³/mol. The average Bonchev–Trinajstić information content (AvgIpc) is 2.95. The van der Waals surface area contributed by atoms with E-state index in [1.165, 1.54) is 0 Å². The Morgan fingerprint density at radius 1 is 1.27 bits per heavy atom. The summed E-state index contributed by atoms with van der Waals surface area (Å²) in [5.41, 5.74) is 0.329. The molecule has 5 nitrogen and oxygen atoms in total. The molecule has 1 aromatic heterocycles. The van der Waals surface area contributed by atoms with Gasteiger partial charge in [0.1, 0.15) is 5.41 Å². The molecule has 1 amide bonds. The van der Waals surface area contributed by atoms with Crippen molar-refractivity contribution in [1.82, 2.24) is 14.8 Å². The highest BCUT2D eigenvalue weighted by Crippen LogP contribution is 2.38. The van der Waals surface area contributed by atoms with Crippen LogP contribution in [0.1, 0.15) is 57.1 Å². The summed E-state index contributed by atoms with van der Waals surface area (Å²) in [4.78, 5) is 21.9. The fourth-order valence-corrected chi connectivity index (χ4v) is 4.43. The first-order valence-corrected chi connectivity index (χ1v) is 9.95. The van der Waals surface area contributed by atoms with Crippen LogP contribution < -0.4 is 0 Å². The maximum Gasteiger partial charge on any atom is 0.243 e. The minimum absolute atomic E-state index is 0.0905. The molecule has 1 atom stereocenters. The SMILES string of the molecule is CN(Cc1ccccn1)C1CCCN(C(=O)C2(C#N)CCCCC2)CC1. The van der Waals surface area contributed by atoms with E-state index in [4.69, 9.17) is 0 Å². The number of hydrogen-bond donors (Lipinski definition) is 0. The van der Waals surface area contributed by atoms with E-state index in [1.54, 1.807) is 0 Å². The first-order chi connectivity index (χ1) is 12.6. The van der Waals surface area contributed by atoms with E-state index in [0.717, 1.165) is 76.7 Å². The summed E-state index contributed by atoms with van der Waals surface area (Å²) in [5.74, 6) is 0.0905. The van der Waals surface area contributed by atoms with Crippen LogP contribution >= 0.6 is 0 Å². The molecule has 0 N–H and O–H groups in total. The van der Waals surface area contributed by atoms with Crippen molar-refractivity contribution in [1.29, 1.82) is 5.26 Å². The monoisotopic (exact) mass is 354 g/mol. The Balaban J connectivity index is 1.59. The molecule has 2 fully saturated rings. The Morgan fingerprint density at radius 3 is 2.77 bits per heavy atom. The van der Waals surface area contributed by atoms with Gasteiger partial charge in [-0.3, -0.25) is 14.7 Å². The van der Waals surface area contributed by atoms with Crippen molar-refractivity contribution in [3.05, 3.63) is 30.1 Å². The van der Waals surface area contributed by atoms with E-state index in [1.807, 2.05) is 23.2 Å². The van der Waals surface area contributed by atoms with E-state index in [0.29, 0.717) is 6.04 Å². The third-order valence-corrected chi connectivity index (χ3v) is 6.08. The van der Waals surface area contributed by atoms with Crippen molar-refractivity contribution in [2.75, 3.05) is 20.1 Å². The van der Waals surface area contributed by atoms with Gasteiger partial charge in [-0.05, 0) is 51.3 Å². The van der Waals surface area contributed by atoms with Crippen LogP contribution in [0.5, 0.6) is 0 Å². The second-order valence-electron chi connectivity index (χ2n) is 7.87. The smallest absolute Gasteiger partial charge is 0.243 e. The number of amides is 1. The second kappa shape index (κ2) is 8.64. The number of hydrogen-bond acceptors (Lipinski definition) is 4. The fraction of sp³-hybridized carbons (Fsp3) is 0.667. The van der Waals surface area contributed by atoms with Gasteiger partial charge in [-0.1, -0.05) is 25.3 Å². The molecule has 1 aliphatic heterocycles. The topological polar surface area (TPSA) is 60.2 Å². The highest BCUT2D eigenvalue weighted by atomic mass is 16.2. The van der Waals surface area contributed by atoms with Crippen LogP contribution in [0.4, 0.5) is 0 Å². The average molecular weight is 354 g/mol. The summed E-state index contributed by atoms with van der Waals surface area (Å²) >= 11 is 0. The van der Waals surface area contributed by atoms with Gasteiger partial charge in [0.05, 0.1) is 11.8 Å². The third-order valence-electron chi connectivity index (χ3n) is 6.08. The van der Waals surface area contributed by atoms with Gasteiger partial charge in [0.2, 0.25) is 5.91 Å². The zero-order chi connectivity index (χ0) is 18.4. The van der Waals surface area contributed by atoms with Crippen LogP contribution in [0.15, 0.2) is 24.4 Å². The lowest BCUT2D eigenvalue weighted by Crippen LogP contribution is -2.45. The van der Waals surface area contributed by atoms with Crippen molar-refractivity contribution in [2.24, 2.45) is 5.41 Å². The lowest BCUT2D eigenvalue weighted by molar-refractivity contribution is -0.140. The summed E-state index contributed by atoms with van der Waals surface area (Å²) in [6.45, 7) is 2.39. The molecule has 1 saturated carbocycles. The van der Waals surface area contributed by atoms with Crippen molar-refractivity contribution in [3.8, 4) is 6.07 Å². The molecule has 5 heteroatoms. The number of pyridine rings is 1. The minimum Gasteiger partial charge on any atom is -0.341 e. The van der Waals surface area contributed by atoms with Gasteiger partial charge in [-0.25, -0.2) is 0 Å². The number of carbonyl (C=O) groups excluding carboxylic acids is 1. The maximum atomic E-state index is 13.1. The number of aromatic nitrogens is 1. The minimum atomic E-state index is -0.752. The van der Waals surface area contributed by atoms with Crippen LogP contribution in [-0.2, 0) is 11.3 Å². The molecule has 1 saturated heterocycles. The van der Waals surface area contributed by atoms with Gasteiger partial charge in [0.25, 0.3) is 0 Å². The van der Waals surface area contributed by atoms with Crippen LogP contribution in [0.3, 0.4) is 0 Å². The molecule has 0 radical (unpaired) electrons. The van der Waals surface area contributed by atoms with E-state index in [9.17, 15) is 10.1 Å². The van der Waals surface area contributed by atoms with Crippen LogP contribution in [0, 0.1) is 16.7 Å². The Hall–Kier alpha value is -1.93. The largest absolute Gasteiger partial charge is 0.341 e. The second-order valence-corrected chi connectivity index (χ2v) is 7.87. The Kier molecular flexibility index (Phi) is 6.26. The van der Waals surface area contributed by atoms with Gasteiger partial charge in [-0.15, -0.1) is 0 Å². The van der Waals surface area contributed by atoms with Crippen molar-refractivity contribution in [3.63, 3.8) is 0 Å². The zero-order valence-corrected chi connectivity index (χ0v) is 15.9. The quantitative estimate of drug-likeness (QED) is 0.832. The molecule has 0 aromatic carbocycles. The molecular weight excluding hydrogens is 324 g/mol. The van der Waals surface area contributed by atoms with E-state index < -0.39 is 5.41 Å². The molecule has 3 rings (SSSR count). The van der Waals surface area contributed by atoms with Crippen LogP contribution in [-0.4, -0.2) is 46.9 Å². The zero-order valence-electron chi connectivity index (χ0n) is 15.9. The van der Waals surface area contributed by atoms with E-state index in [-0.39, 0.29) is 5.91 Å². The van der Waals surface area contributed by atoms with Crippen LogP contribution in [0.2, 0.25) is 0 Å². The first-order valence-electron chi connectivity index (χ1n) is 9.95. The molecule has 0 spiro atoms. The number of rotatable bonds is 4. The molecular formula is C21H30N4O. The van der Waals surface area contributed by atoms with E-state index in [2.05, 4.69) is 29.1 Å². The number of nitriles is 1. The van der Waals surface area contributed by atoms with Gasteiger partial charge in [-0.2, -0.15) is 5.26 Å². The van der Waals surface area contributed by atoms with Crippen molar-refractivity contribution in [2.45, 2.75) is 64.0 Å². The summed E-state index contributed by atoms with van der Waals surface area (Å²) in [6, 6.07) is 8.87. The highest BCUT2D eigenvalue weighted by molar-refractivity contribution is 5.85. The molecule has 1 aliphatic carbocycles. The summed E-state index contributed by atoms with van der Waals surface area (Å²) in [6.07, 6.45) is 9.53. The molecule has 26 heavy (non-hydrogen) atoms. The Labute approximate surface area is 157 Å². The molecule has 2 heterocycles. The van der Waals surface area contributed by atoms with Crippen LogP contribution in [0.25, 0.3) is 0 Å². The molecule has 1 aromatic rings. The molecule has 1 unspecified atom stereocenters. The predicted octanol–water partition coefficient (Wildman–Crippen LogP) is 3.37. The number of carbonyl (C=O) groups is 1. The number of likely N-dealkylation sites (tertiary alicyclic amines) is 1. The molecule has 0 bridgehead atoms. The summed E-state index contributed by atoms with van der Waals surface area (Å²) < 4.78 is 0. The molecule has 2 aliphatic rings. The van der Waals surface area contributed by atoms with Crippen molar-refractivity contribution >= 4 is 5.91 Å².